The number of nitrogens with two attached hydrogens (primary N) is 1. The van der Waals surface area contributed by atoms with Crippen LogP contribution in [0.15, 0.2) is 23.2 Å². The predicted molar refractivity (Wildman–Crippen MR) is 47.8 cm³/mol. The van der Waals surface area contributed by atoms with E-state index in [0.29, 0.717) is 17.0 Å². The fraction of sp³-hybridized carbons (Fsp3) is 0.222. The molecule has 0 unspecified atom stereocenters. The van der Waals surface area contributed by atoms with Crippen LogP contribution in [0.25, 0.3) is 0 Å². The molecule has 0 aromatic heterocycles. The van der Waals surface area contributed by atoms with Gasteiger partial charge in [-0.15, -0.1) is 0 Å². The highest BCUT2D eigenvalue weighted by Crippen LogP contribution is 2.08. The maximum atomic E-state index is 13.0. The fourth-order valence-corrected chi connectivity index (χ4v) is 0.881. The zero-order chi connectivity index (χ0) is 9.14. The second kappa shape index (κ2) is 3.34. The molecular formula is C9H11FN2. The van der Waals surface area contributed by atoms with Crippen molar-refractivity contribution < 1.29 is 4.39 Å². The molecule has 0 fully saturated rings. The first-order valence-corrected chi connectivity index (χ1v) is 3.64. The van der Waals surface area contributed by atoms with Gasteiger partial charge in [0.05, 0.1) is 0 Å². The summed E-state index contributed by atoms with van der Waals surface area (Å²) in [4.78, 5) is 3.76. The molecule has 0 saturated carbocycles. The monoisotopic (exact) mass is 166 g/mol. The Morgan fingerprint density at radius 2 is 2.17 bits per heavy atom. The Kier molecular flexibility index (Phi) is 2.43. The molecule has 64 valence electrons. The molecule has 2 N–H and O–H groups in total. The van der Waals surface area contributed by atoms with E-state index in [-0.39, 0.29) is 5.82 Å². The average Bonchev–Trinajstić information content (AvgIpc) is 2.08. The molecule has 0 aliphatic rings. The van der Waals surface area contributed by atoms with Crippen molar-refractivity contribution in [3.63, 3.8) is 0 Å². The summed E-state index contributed by atoms with van der Waals surface area (Å²) in [6.07, 6.45) is 0. The minimum absolute atomic E-state index is 0.251. The highest BCUT2D eigenvalue weighted by Gasteiger charge is 2.01. The van der Waals surface area contributed by atoms with Gasteiger partial charge in [-0.2, -0.15) is 0 Å². The summed E-state index contributed by atoms with van der Waals surface area (Å²) in [5.74, 6) is 0.105. The summed E-state index contributed by atoms with van der Waals surface area (Å²) in [5.41, 5.74) is 6.74. The highest BCUT2D eigenvalue weighted by molar-refractivity contribution is 5.97. The van der Waals surface area contributed by atoms with Crippen molar-refractivity contribution in [2.45, 2.75) is 6.92 Å². The number of aryl methyl sites for hydroxylation is 1. The van der Waals surface area contributed by atoms with Crippen LogP contribution >= 0.6 is 0 Å². The lowest BCUT2D eigenvalue weighted by Gasteiger charge is -2.01. The van der Waals surface area contributed by atoms with Crippen LogP contribution in [0.2, 0.25) is 0 Å². The Bertz CT molecular complexity index is 318. The van der Waals surface area contributed by atoms with Crippen LogP contribution < -0.4 is 5.73 Å². The molecule has 2 nitrogen and oxygen atoms in total. The summed E-state index contributed by atoms with van der Waals surface area (Å²) in [6.45, 7) is 1.71. The first kappa shape index (κ1) is 8.71. The normalized spacial score (nSPS) is 11.8. The van der Waals surface area contributed by atoms with Gasteiger partial charge in [-0.25, -0.2) is 4.39 Å². The van der Waals surface area contributed by atoms with Gasteiger partial charge in [-0.3, -0.25) is 4.99 Å². The maximum Gasteiger partial charge on any atom is 0.126 e. The number of nitrogens with zero attached hydrogens (tertiary/aromatic N) is 1. The van der Waals surface area contributed by atoms with Crippen LogP contribution in [-0.4, -0.2) is 12.9 Å². The molecular weight excluding hydrogens is 155 g/mol. The Hall–Kier alpha value is -1.38. The summed E-state index contributed by atoms with van der Waals surface area (Å²) in [5, 5.41) is 0. The minimum Gasteiger partial charge on any atom is -0.384 e. The van der Waals surface area contributed by atoms with Gasteiger partial charge in [0, 0.05) is 12.6 Å². The summed E-state index contributed by atoms with van der Waals surface area (Å²) in [6, 6.07) is 4.82. The molecule has 1 rings (SSSR count). The van der Waals surface area contributed by atoms with Crippen molar-refractivity contribution in [3.05, 3.63) is 35.1 Å². The van der Waals surface area contributed by atoms with E-state index in [1.807, 2.05) is 0 Å². The predicted octanol–water partition coefficient (Wildman–Crippen LogP) is 1.47. The number of hydrogen-bond donors (Lipinski definition) is 1. The zero-order valence-electron chi connectivity index (χ0n) is 7.13. The highest BCUT2D eigenvalue weighted by atomic mass is 19.1. The van der Waals surface area contributed by atoms with Crippen LogP contribution in [-0.2, 0) is 0 Å². The van der Waals surface area contributed by atoms with Crippen molar-refractivity contribution in [2.75, 3.05) is 7.05 Å². The van der Waals surface area contributed by atoms with E-state index in [1.165, 1.54) is 6.07 Å². The van der Waals surface area contributed by atoms with E-state index in [4.69, 9.17) is 5.73 Å². The molecule has 3 heteroatoms. The molecule has 0 aliphatic heterocycles. The molecule has 0 aliphatic carbocycles. The zero-order valence-corrected chi connectivity index (χ0v) is 7.13. The minimum atomic E-state index is -0.251. The van der Waals surface area contributed by atoms with E-state index in [9.17, 15) is 4.39 Å². The number of halogens is 1. The number of hydrogen-bond acceptors (Lipinski definition) is 1. The number of aliphatic imine (C=N–C) groups is 1. The molecule has 0 amide bonds. The van der Waals surface area contributed by atoms with Gasteiger partial charge in [0.2, 0.25) is 0 Å². The van der Waals surface area contributed by atoms with Crippen LogP contribution in [0, 0.1) is 12.7 Å². The van der Waals surface area contributed by atoms with E-state index in [2.05, 4.69) is 4.99 Å². The third kappa shape index (κ3) is 1.61. The Balaban J connectivity index is 3.13. The first-order chi connectivity index (χ1) is 5.65. The summed E-state index contributed by atoms with van der Waals surface area (Å²) in [7, 11) is 1.58. The molecule has 12 heavy (non-hydrogen) atoms. The smallest absolute Gasteiger partial charge is 0.126 e. The lowest BCUT2D eigenvalue weighted by molar-refractivity contribution is 0.618. The van der Waals surface area contributed by atoms with Gasteiger partial charge in [0.1, 0.15) is 11.7 Å². The van der Waals surface area contributed by atoms with Crippen molar-refractivity contribution in [3.8, 4) is 0 Å². The summed E-state index contributed by atoms with van der Waals surface area (Å²) >= 11 is 0. The largest absolute Gasteiger partial charge is 0.384 e. The molecule has 1 aromatic rings. The molecule has 1 aromatic carbocycles. The van der Waals surface area contributed by atoms with Crippen molar-refractivity contribution >= 4 is 5.84 Å². The molecule has 0 heterocycles. The lowest BCUT2D eigenvalue weighted by Crippen LogP contribution is -2.13. The molecule has 0 bridgehead atoms. The van der Waals surface area contributed by atoms with Gasteiger partial charge >= 0.3 is 0 Å². The fourth-order valence-electron chi connectivity index (χ4n) is 0.881. The first-order valence-electron chi connectivity index (χ1n) is 3.64. The average molecular weight is 166 g/mol. The quantitative estimate of drug-likeness (QED) is 0.498. The Labute approximate surface area is 70.9 Å². The number of rotatable bonds is 1. The number of benzene rings is 1. The van der Waals surface area contributed by atoms with Crippen LogP contribution in [0.5, 0.6) is 0 Å². The lowest BCUT2D eigenvalue weighted by atomic mass is 10.1. The van der Waals surface area contributed by atoms with Gasteiger partial charge < -0.3 is 5.73 Å². The van der Waals surface area contributed by atoms with E-state index >= 15 is 0 Å². The third-order valence-corrected chi connectivity index (χ3v) is 1.71. The SMILES string of the molecule is CN=C(N)c1ccc(C)c(F)c1. The van der Waals surface area contributed by atoms with E-state index < -0.39 is 0 Å². The van der Waals surface area contributed by atoms with Crippen molar-refractivity contribution in [1.82, 2.24) is 0 Å². The van der Waals surface area contributed by atoms with E-state index in [1.54, 1.807) is 26.1 Å². The second-order valence-electron chi connectivity index (χ2n) is 2.57. The molecule has 0 radical (unpaired) electrons. The maximum absolute atomic E-state index is 13.0. The van der Waals surface area contributed by atoms with Crippen molar-refractivity contribution in [1.29, 1.82) is 0 Å². The molecule has 0 spiro atoms. The summed E-state index contributed by atoms with van der Waals surface area (Å²) < 4.78 is 13.0. The Morgan fingerprint density at radius 1 is 1.50 bits per heavy atom. The van der Waals surface area contributed by atoms with Crippen molar-refractivity contribution in [2.24, 2.45) is 10.7 Å². The van der Waals surface area contributed by atoms with Crippen LogP contribution in [0.1, 0.15) is 11.1 Å². The third-order valence-electron chi connectivity index (χ3n) is 1.71. The van der Waals surface area contributed by atoms with Crippen LogP contribution in [0.3, 0.4) is 0 Å². The van der Waals surface area contributed by atoms with Gasteiger partial charge in [0.25, 0.3) is 0 Å². The standard InChI is InChI=1S/C9H11FN2/c1-6-3-4-7(5-8(6)10)9(11)12-2/h3-5H,1-2H3,(H2,11,12). The molecule has 0 saturated heterocycles. The topological polar surface area (TPSA) is 38.4 Å². The van der Waals surface area contributed by atoms with Gasteiger partial charge in [-0.1, -0.05) is 12.1 Å². The van der Waals surface area contributed by atoms with Gasteiger partial charge in [0.15, 0.2) is 0 Å². The number of amidine groups is 1. The van der Waals surface area contributed by atoms with Gasteiger partial charge in [-0.05, 0) is 18.6 Å². The van der Waals surface area contributed by atoms with Crippen LogP contribution in [0.4, 0.5) is 4.39 Å². The Morgan fingerprint density at radius 3 is 2.67 bits per heavy atom. The molecule has 0 atom stereocenters. The second-order valence-corrected chi connectivity index (χ2v) is 2.57. The van der Waals surface area contributed by atoms with E-state index in [0.717, 1.165) is 0 Å².